The van der Waals surface area contributed by atoms with Gasteiger partial charge in [-0.05, 0) is 60.3 Å². The molecule has 1 aliphatic heterocycles. The van der Waals surface area contributed by atoms with Gasteiger partial charge in [-0.3, -0.25) is 4.79 Å². The number of hydrogen-bond acceptors (Lipinski definition) is 3. The molecule has 0 aromatic heterocycles. The van der Waals surface area contributed by atoms with Crippen molar-refractivity contribution in [3.05, 3.63) is 28.2 Å². The van der Waals surface area contributed by atoms with Crippen LogP contribution in [0, 0.1) is 0 Å². The van der Waals surface area contributed by atoms with E-state index in [1.165, 1.54) is 12.1 Å². The van der Waals surface area contributed by atoms with Gasteiger partial charge in [0.25, 0.3) is 15.0 Å². The van der Waals surface area contributed by atoms with Crippen LogP contribution in [0.5, 0.6) is 0 Å². The number of benzene rings is 1. The number of piperidine rings is 1. The molecule has 0 saturated carbocycles. The van der Waals surface area contributed by atoms with Gasteiger partial charge in [-0.1, -0.05) is 0 Å². The van der Waals surface area contributed by atoms with Gasteiger partial charge in [-0.15, -0.1) is 0 Å². The van der Waals surface area contributed by atoms with Gasteiger partial charge in [0.15, 0.2) is 0 Å². The van der Waals surface area contributed by atoms with Crippen molar-refractivity contribution in [3.8, 4) is 0 Å². The average Bonchev–Trinajstić information content (AvgIpc) is 2.37. The third-order valence-electron chi connectivity index (χ3n) is 3.50. The molecular formula is C13H15BrClNO3S. The van der Waals surface area contributed by atoms with Crippen LogP contribution < -0.4 is 0 Å². The zero-order valence-corrected chi connectivity index (χ0v) is 14.1. The van der Waals surface area contributed by atoms with E-state index in [9.17, 15) is 13.2 Å². The Kier molecular flexibility index (Phi) is 4.76. The van der Waals surface area contributed by atoms with E-state index in [1.807, 2.05) is 6.92 Å². The van der Waals surface area contributed by atoms with Crippen molar-refractivity contribution in [1.29, 1.82) is 0 Å². The summed E-state index contributed by atoms with van der Waals surface area (Å²) in [5.41, 5.74) is 0.348. The van der Waals surface area contributed by atoms with E-state index in [1.54, 1.807) is 11.0 Å². The fourth-order valence-electron chi connectivity index (χ4n) is 2.39. The largest absolute Gasteiger partial charge is 0.336 e. The molecule has 1 unspecified atom stereocenters. The molecule has 4 nitrogen and oxygen atoms in total. The Balaban J connectivity index is 2.36. The van der Waals surface area contributed by atoms with E-state index in [0.717, 1.165) is 19.3 Å². The van der Waals surface area contributed by atoms with Crippen LogP contribution in [-0.4, -0.2) is 31.8 Å². The van der Waals surface area contributed by atoms with Gasteiger partial charge in [-0.2, -0.15) is 0 Å². The molecule has 1 atom stereocenters. The van der Waals surface area contributed by atoms with Gasteiger partial charge in [-0.25, -0.2) is 8.42 Å². The Morgan fingerprint density at radius 2 is 2.10 bits per heavy atom. The Morgan fingerprint density at radius 3 is 2.70 bits per heavy atom. The van der Waals surface area contributed by atoms with Gasteiger partial charge < -0.3 is 4.90 Å². The molecule has 0 N–H and O–H groups in total. The van der Waals surface area contributed by atoms with Crippen LogP contribution in [0.25, 0.3) is 0 Å². The third-order valence-corrected chi connectivity index (χ3v) is 5.82. The number of halogens is 2. The van der Waals surface area contributed by atoms with Crippen LogP contribution in [0.15, 0.2) is 27.6 Å². The second-order valence-corrected chi connectivity index (χ2v) is 8.32. The quantitative estimate of drug-likeness (QED) is 0.739. The van der Waals surface area contributed by atoms with E-state index in [0.29, 0.717) is 16.6 Å². The molecule has 0 radical (unpaired) electrons. The number of nitrogens with zero attached hydrogens (tertiary/aromatic N) is 1. The van der Waals surface area contributed by atoms with Crippen molar-refractivity contribution >= 4 is 41.6 Å². The first-order valence-corrected chi connectivity index (χ1v) is 9.46. The molecule has 1 heterocycles. The summed E-state index contributed by atoms with van der Waals surface area (Å²) in [6, 6.07) is 4.66. The number of likely N-dealkylation sites (tertiary alicyclic amines) is 1. The van der Waals surface area contributed by atoms with Crippen LogP contribution >= 0.6 is 26.6 Å². The SMILES string of the molecule is CC1CCCCN1C(=O)c1ccc(Br)c(S(=O)(=O)Cl)c1. The lowest BCUT2D eigenvalue weighted by molar-refractivity contribution is 0.0635. The van der Waals surface area contributed by atoms with Crippen molar-refractivity contribution in [3.63, 3.8) is 0 Å². The van der Waals surface area contributed by atoms with Crippen LogP contribution in [0.2, 0.25) is 0 Å². The molecule has 1 aliphatic rings. The summed E-state index contributed by atoms with van der Waals surface area (Å²) in [5.74, 6) is -0.147. The Bertz CT molecular complexity index is 633. The fraction of sp³-hybridized carbons (Fsp3) is 0.462. The van der Waals surface area contributed by atoms with Crippen molar-refractivity contribution in [2.75, 3.05) is 6.54 Å². The lowest BCUT2D eigenvalue weighted by Crippen LogP contribution is -2.42. The predicted octanol–water partition coefficient (Wildman–Crippen LogP) is 3.39. The molecule has 0 bridgehead atoms. The van der Waals surface area contributed by atoms with E-state index in [2.05, 4.69) is 15.9 Å². The average molecular weight is 381 g/mol. The standard InChI is InChI=1S/C13H15BrClNO3S/c1-9-4-2-3-7-16(9)13(17)10-5-6-11(14)12(8-10)20(15,18)19/h5-6,8-9H,2-4,7H2,1H3. The van der Waals surface area contributed by atoms with Crippen LogP contribution in [0.3, 0.4) is 0 Å². The van der Waals surface area contributed by atoms with E-state index in [-0.39, 0.29) is 16.8 Å². The van der Waals surface area contributed by atoms with E-state index < -0.39 is 9.05 Å². The fourth-order valence-corrected chi connectivity index (χ4v) is 4.51. The molecule has 2 rings (SSSR count). The number of amides is 1. The first kappa shape index (κ1) is 15.8. The topological polar surface area (TPSA) is 54.5 Å². The zero-order chi connectivity index (χ0) is 14.9. The van der Waals surface area contributed by atoms with Crippen molar-refractivity contribution in [2.45, 2.75) is 37.1 Å². The highest BCUT2D eigenvalue weighted by Crippen LogP contribution is 2.27. The minimum atomic E-state index is -3.88. The van der Waals surface area contributed by atoms with Crippen LogP contribution in [0.4, 0.5) is 0 Å². The van der Waals surface area contributed by atoms with Crippen LogP contribution in [0.1, 0.15) is 36.5 Å². The predicted molar refractivity (Wildman–Crippen MR) is 81.5 cm³/mol. The summed E-state index contributed by atoms with van der Waals surface area (Å²) in [4.78, 5) is 14.2. The number of carbonyl (C=O) groups excluding carboxylic acids is 1. The maximum absolute atomic E-state index is 12.5. The molecule has 7 heteroatoms. The van der Waals surface area contributed by atoms with Gasteiger partial charge in [0.2, 0.25) is 0 Å². The van der Waals surface area contributed by atoms with Gasteiger partial charge in [0.1, 0.15) is 0 Å². The summed E-state index contributed by atoms with van der Waals surface area (Å²) < 4.78 is 23.3. The Morgan fingerprint density at radius 1 is 1.40 bits per heavy atom. The van der Waals surface area contributed by atoms with Gasteiger partial charge in [0, 0.05) is 33.3 Å². The minimum Gasteiger partial charge on any atom is -0.336 e. The first-order valence-electron chi connectivity index (χ1n) is 6.36. The molecular weight excluding hydrogens is 366 g/mol. The summed E-state index contributed by atoms with van der Waals surface area (Å²) in [6.45, 7) is 2.72. The van der Waals surface area contributed by atoms with E-state index in [4.69, 9.17) is 10.7 Å². The first-order chi connectivity index (χ1) is 9.30. The maximum Gasteiger partial charge on any atom is 0.262 e. The molecule has 1 aromatic rings. The number of hydrogen-bond donors (Lipinski definition) is 0. The highest BCUT2D eigenvalue weighted by atomic mass is 79.9. The minimum absolute atomic E-state index is 0.0744. The molecule has 1 fully saturated rings. The monoisotopic (exact) mass is 379 g/mol. The van der Waals surface area contributed by atoms with E-state index >= 15 is 0 Å². The number of rotatable bonds is 2. The summed E-state index contributed by atoms with van der Waals surface area (Å²) in [5, 5.41) is 0. The second-order valence-electron chi connectivity index (χ2n) is 4.93. The highest BCUT2D eigenvalue weighted by molar-refractivity contribution is 9.10. The van der Waals surface area contributed by atoms with Crippen molar-refractivity contribution < 1.29 is 13.2 Å². The normalized spacial score (nSPS) is 19.9. The molecule has 0 aliphatic carbocycles. The van der Waals surface area contributed by atoms with Gasteiger partial charge in [0.05, 0.1) is 4.90 Å². The molecule has 20 heavy (non-hydrogen) atoms. The lowest BCUT2D eigenvalue weighted by atomic mass is 10.0. The van der Waals surface area contributed by atoms with Crippen molar-refractivity contribution in [2.24, 2.45) is 0 Å². The second kappa shape index (κ2) is 6.03. The Labute approximate surface area is 131 Å². The smallest absolute Gasteiger partial charge is 0.262 e. The molecule has 1 saturated heterocycles. The molecule has 110 valence electrons. The van der Waals surface area contributed by atoms with Crippen molar-refractivity contribution in [1.82, 2.24) is 4.90 Å². The number of carbonyl (C=O) groups is 1. The lowest BCUT2D eigenvalue weighted by Gasteiger charge is -2.33. The summed E-state index contributed by atoms with van der Waals surface area (Å²) >= 11 is 3.13. The zero-order valence-electron chi connectivity index (χ0n) is 11.0. The molecule has 1 amide bonds. The molecule has 1 aromatic carbocycles. The van der Waals surface area contributed by atoms with Crippen LogP contribution in [-0.2, 0) is 9.05 Å². The maximum atomic E-state index is 12.5. The van der Waals surface area contributed by atoms with Gasteiger partial charge >= 0.3 is 0 Å². The highest BCUT2D eigenvalue weighted by Gasteiger charge is 2.25. The third kappa shape index (κ3) is 3.35. The molecule has 0 spiro atoms. The summed E-state index contributed by atoms with van der Waals surface area (Å²) in [7, 11) is 1.49. The Hall–Kier alpha value is -0.590. The summed E-state index contributed by atoms with van der Waals surface area (Å²) in [6.07, 6.45) is 3.07.